The Balaban J connectivity index is 2.59. The zero-order valence-corrected chi connectivity index (χ0v) is 6.34. The van der Waals surface area contributed by atoms with E-state index in [0.29, 0.717) is 0 Å². The lowest BCUT2D eigenvalue weighted by molar-refractivity contribution is -0.128. The Hall–Kier alpha value is -1.15. The van der Waals surface area contributed by atoms with Crippen LogP contribution in [0.25, 0.3) is 0 Å². The smallest absolute Gasteiger partial charge is 0.337 e. The van der Waals surface area contributed by atoms with Gasteiger partial charge in [-0.25, -0.2) is 5.90 Å². The lowest BCUT2D eigenvalue weighted by Crippen LogP contribution is -2.12. The van der Waals surface area contributed by atoms with Gasteiger partial charge in [-0.2, -0.15) is 18.2 Å². The van der Waals surface area contributed by atoms with E-state index in [0.717, 1.165) is 0 Å². The molecule has 0 aromatic carbocycles. The summed E-state index contributed by atoms with van der Waals surface area (Å²) in [6, 6.07) is 0. The third-order valence-electron chi connectivity index (χ3n) is 1.08. The van der Waals surface area contributed by atoms with Crippen LogP contribution < -0.4 is 5.90 Å². The maximum absolute atomic E-state index is 11.8. The van der Waals surface area contributed by atoms with E-state index in [1.54, 1.807) is 0 Å². The minimum Gasteiger partial charge on any atom is -0.337 e. The molecule has 1 rings (SSSR count). The molecule has 8 heteroatoms. The third kappa shape index (κ3) is 3.38. The van der Waals surface area contributed by atoms with E-state index in [-0.39, 0.29) is 12.5 Å². The topological polar surface area (TPSA) is 74.2 Å². The summed E-state index contributed by atoms with van der Waals surface area (Å²) < 4.78 is 39.7. The van der Waals surface area contributed by atoms with E-state index in [4.69, 9.17) is 0 Å². The van der Waals surface area contributed by atoms with Gasteiger partial charge < -0.3 is 4.52 Å². The van der Waals surface area contributed by atoms with Crippen LogP contribution in [0.1, 0.15) is 11.7 Å². The van der Waals surface area contributed by atoms with Crippen LogP contribution in [0.3, 0.4) is 0 Å². The molecule has 1 aromatic heterocycles. The first kappa shape index (κ1) is 9.93. The summed E-state index contributed by atoms with van der Waals surface area (Å²) in [7, 11) is 0. The van der Waals surface area contributed by atoms with Crippen molar-refractivity contribution in [2.24, 2.45) is 5.90 Å². The van der Waals surface area contributed by atoms with Crippen LogP contribution in [0.15, 0.2) is 4.52 Å². The number of aromatic nitrogens is 2. The Morgan fingerprint density at radius 2 is 2.15 bits per heavy atom. The average Bonchev–Trinajstić information content (AvgIpc) is 2.33. The minimum atomic E-state index is -4.34. The van der Waals surface area contributed by atoms with Gasteiger partial charge in [-0.1, -0.05) is 5.16 Å². The molecule has 0 saturated heterocycles. The van der Waals surface area contributed by atoms with Crippen molar-refractivity contribution in [1.82, 2.24) is 10.1 Å². The zero-order chi connectivity index (χ0) is 9.90. The number of rotatable bonds is 3. The van der Waals surface area contributed by atoms with E-state index < -0.39 is 18.4 Å². The van der Waals surface area contributed by atoms with Crippen molar-refractivity contribution in [3.05, 3.63) is 11.7 Å². The molecule has 0 fully saturated rings. The van der Waals surface area contributed by atoms with Crippen LogP contribution in [-0.4, -0.2) is 16.3 Å². The first-order valence-electron chi connectivity index (χ1n) is 3.21. The third-order valence-corrected chi connectivity index (χ3v) is 1.08. The van der Waals surface area contributed by atoms with Crippen molar-refractivity contribution >= 4 is 0 Å². The maximum atomic E-state index is 11.8. The van der Waals surface area contributed by atoms with Gasteiger partial charge >= 0.3 is 6.18 Å². The highest BCUT2D eigenvalue weighted by Gasteiger charge is 2.30. The van der Waals surface area contributed by atoms with Gasteiger partial charge in [0.2, 0.25) is 0 Å². The van der Waals surface area contributed by atoms with Gasteiger partial charge in [0.25, 0.3) is 5.89 Å². The second-order valence-corrected chi connectivity index (χ2v) is 2.21. The molecule has 1 aromatic rings. The first-order valence-corrected chi connectivity index (χ1v) is 3.21. The summed E-state index contributed by atoms with van der Waals surface area (Å²) >= 11 is 0. The van der Waals surface area contributed by atoms with Crippen molar-refractivity contribution in [3.8, 4) is 0 Å². The number of hydrogen-bond acceptors (Lipinski definition) is 5. The van der Waals surface area contributed by atoms with Gasteiger partial charge in [0, 0.05) is 0 Å². The Bertz CT molecular complexity index is 272. The standard InChI is InChI=1S/C5H6F3N3O2/c6-5(7,8)1-3-10-4(2-12-9)13-11-3/h1-2,9H2. The van der Waals surface area contributed by atoms with Crippen molar-refractivity contribution in [1.29, 1.82) is 0 Å². The van der Waals surface area contributed by atoms with Crippen LogP contribution in [0.2, 0.25) is 0 Å². The molecule has 0 unspecified atom stereocenters. The van der Waals surface area contributed by atoms with Crippen LogP contribution in [0.5, 0.6) is 0 Å². The molecule has 0 radical (unpaired) electrons. The molecular formula is C5H6F3N3O2. The predicted octanol–water partition coefficient (Wildman–Crippen LogP) is 0.565. The molecule has 74 valence electrons. The van der Waals surface area contributed by atoms with E-state index in [1.807, 2.05) is 0 Å². The van der Waals surface area contributed by atoms with Crippen molar-refractivity contribution in [2.75, 3.05) is 0 Å². The molecular weight excluding hydrogens is 191 g/mol. The second kappa shape index (κ2) is 3.71. The highest BCUT2D eigenvalue weighted by atomic mass is 19.4. The average molecular weight is 197 g/mol. The van der Waals surface area contributed by atoms with Gasteiger partial charge in [-0.05, 0) is 0 Å². The predicted molar refractivity (Wildman–Crippen MR) is 33.0 cm³/mol. The van der Waals surface area contributed by atoms with Gasteiger partial charge in [0.15, 0.2) is 5.82 Å². The van der Waals surface area contributed by atoms with Gasteiger partial charge in [0.05, 0.1) is 0 Å². The normalized spacial score (nSPS) is 12.0. The van der Waals surface area contributed by atoms with Crippen LogP contribution in [-0.2, 0) is 17.9 Å². The Morgan fingerprint density at radius 1 is 1.46 bits per heavy atom. The Kier molecular flexibility index (Phi) is 2.83. The highest BCUT2D eigenvalue weighted by molar-refractivity contribution is 4.87. The van der Waals surface area contributed by atoms with Crippen molar-refractivity contribution in [2.45, 2.75) is 19.2 Å². The number of nitrogens with zero attached hydrogens (tertiary/aromatic N) is 2. The Labute approximate surface area is 70.6 Å². The summed E-state index contributed by atoms with van der Waals surface area (Å²) in [5.74, 6) is 4.13. The van der Waals surface area contributed by atoms with Crippen molar-refractivity contribution < 1.29 is 22.5 Å². The fourth-order valence-electron chi connectivity index (χ4n) is 0.671. The van der Waals surface area contributed by atoms with E-state index in [9.17, 15) is 13.2 Å². The monoisotopic (exact) mass is 197 g/mol. The highest BCUT2D eigenvalue weighted by Crippen LogP contribution is 2.19. The van der Waals surface area contributed by atoms with E-state index in [1.165, 1.54) is 0 Å². The fraction of sp³-hybridized carbons (Fsp3) is 0.600. The molecule has 0 aliphatic rings. The van der Waals surface area contributed by atoms with E-state index in [2.05, 4.69) is 25.4 Å². The quantitative estimate of drug-likeness (QED) is 0.716. The lowest BCUT2D eigenvalue weighted by Gasteiger charge is -1.99. The first-order chi connectivity index (χ1) is 6.01. The molecule has 1 heterocycles. The molecule has 13 heavy (non-hydrogen) atoms. The maximum Gasteiger partial charge on any atom is 0.396 e. The molecule has 0 saturated carbocycles. The summed E-state index contributed by atoms with van der Waals surface area (Å²) in [4.78, 5) is 7.48. The molecule has 5 nitrogen and oxygen atoms in total. The molecule has 0 aliphatic carbocycles. The number of alkyl halides is 3. The fourth-order valence-corrected chi connectivity index (χ4v) is 0.671. The molecule has 2 N–H and O–H groups in total. The minimum absolute atomic E-state index is 0.0817. The molecule has 0 atom stereocenters. The van der Waals surface area contributed by atoms with Gasteiger partial charge in [0.1, 0.15) is 13.0 Å². The van der Waals surface area contributed by atoms with Crippen molar-refractivity contribution in [3.63, 3.8) is 0 Å². The van der Waals surface area contributed by atoms with Crippen LogP contribution >= 0.6 is 0 Å². The second-order valence-electron chi connectivity index (χ2n) is 2.21. The molecule has 0 amide bonds. The number of halogens is 3. The number of hydrogen-bond donors (Lipinski definition) is 1. The molecule has 0 bridgehead atoms. The largest absolute Gasteiger partial charge is 0.396 e. The summed E-state index contributed by atoms with van der Waals surface area (Å²) in [5, 5.41) is 3.08. The van der Waals surface area contributed by atoms with E-state index >= 15 is 0 Å². The summed E-state index contributed by atoms with van der Waals surface area (Å²) in [6.45, 7) is -0.204. The summed E-state index contributed by atoms with van der Waals surface area (Å²) in [5.41, 5.74) is 0. The molecule has 0 spiro atoms. The van der Waals surface area contributed by atoms with Crippen LogP contribution in [0, 0.1) is 0 Å². The SMILES string of the molecule is NOCc1nc(CC(F)(F)F)no1. The zero-order valence-electron chi connectivity index (χ0n) is 6.34. The summed E-state index contributed by atoms with van der Waals surface area (Å²) in [6.07, 6.45) is -5.56. The van der Waals surface area contributed by atoms with Gasteiger partial charge in [-0.15, -0.1) is 0 Å². The van der Waals surface area contributed by atoms with Gasteiger partial charge in [-0.3, -0.25) is 4.84 Å². The van der Waals surface area contributed by atoms with Crippen LogP contribution in [0.4, 0.5) is 13.2 Å². The lowest BCUT2D eigenvalue weighted by atomic mass is 10.4. The Morgan fingerprint density at radius 3 is 2.69 bits per heavy atom. The molecule has 0 aliphatic heterocycles. The number of nitrogens with two attached hydrogens (primary N) is 1.